The molecule has 0 aliphatic rings. The minimum atomic E-state index is -0.910. The maximum atomic E-state index is 12.3. The Morgan fingerprint density at radius 1 is 1.28 bits per heavy atom. The van der Waals surface area contributed by atoms with E-state index in [0.717, 1.165) is 25.7 Å². The van der Waals surface area contributed by atoms with Gasteiger partial charge in [-0.2, -0.15) is 5.26 Å². The van der Waals surface area contributed by atoms with Crippen LogP contribution in [0.25, 0.3) is 0 Å². The lowest BCUT2D eigenvalue weighted by molar-refractivity contribution is -0.129. The molecule has 1 amide bonds. The van der Waals surface area contributed by atoms with Crippen LogP contribution in [0, 0.1) is 29.1 Å². The van der Waals surface area contributed by atoms with Crippen LogP contribution in [0.5, 0.6) is 0 Å². The number of nitriles is 1. The molecule has 0 spiro atoms. The standard InChI is InChI=1S/C15H24N2O/c1-5-9-13(8-4)17-14(18)15(12-16,10-6-2)11-7-3/h4,13H,5-7,9-11H2,1-3H3,(H,17,18). The van der Waals surface area contributed by atoms with Crippen LogP contribution in [-0.4, -0.2) is 11.9 Å². The molecule has 0 saturated heterocycles. The van der Waals surface area contributed by atoms with Gasteiger partial charge in [-0.25, -0.2) is 0 Å². The first-order valence-electron chi connectivity index (χ1n) is 6.78. The predicted octanol–water partition coefficient (Wildman–Crippen LogP) is 3.01. The van der Waals surface area contributed by atoms with E-state index in [9.17, 15) is 10.1 Å². The fourth-order valence-corrected chi connectivity index (χ4v) is 2.15. The van der Waals surface area contributed by atoms with E-state index in [1.54, 1.807) is 0 Å². The Kier molecular flexibility index (Phi) is 7.88. The summed E-state index contributed by atoms with van der Waals surface area (Å²) in [5.74, 6) is 2.37. The SMILES string of the molecule is C#CC(CCC)NC(=O)C(C#N)(CCC)CCC. The lowest BCUT2D eigenvalue weighted by Gasteiger charge is -2.26. The van der Waals surface area contributed by atoms with Gasteiger partial charge in [-0.15, -0.1) is 6.42 Å². The lowest BCUT2D eigenvalue weighted by Crippen LogP contribution is -2.44. The third-order valence-electron chi connectivity index (χ3n) is 3.09. The van der Waals surface area contributed by atoms with Crippen molar-refractivity contribution in [3.05, 3.63) is 0 Å². The highest BCUT2D eigenvalue weighted by Gasteiger charge is 2.37. The maximum Gasteiger partial charge on any atom is 0.241 e. The van der Waals surface area contributed by atoms with Crippen molar-refractivity contribution in [1.29, 1.82) is 5.26 Å². The number of hydrogen-bond donors (Lipinski definition) is 1. The number of hydrogen-bond acceptors (Lipinski definition) is 2. The topological polar surface area (TPSA) is 52.9 Å². The first-order valence-corrected chi connectivity index (χ1v) is 6.78. The second-order valence-corrected chi connectivity index (χ2v) is 4.68. The average molecular weight is 248 g/mol. The van der Waals surface area contributed by atoms with E-state index < -0.39 is 5.41 Å². The molecule has 0 bridgehead atoms. The van der Waals surface area contributed by atoms with E-state index in [4.69, 9.17) is 6.42 Å². The van der Waals surface area contributed by atoms with Gasteiger partial charge in [0.15, 0.2) is 0 Å². The van der Waals surface area contributed by atoms with Gasteiger partial charge in [0.1, 0.15) is 5.41 Å². The second kappa shape index (κ2) is 8.59. The number of carbonyl (C=O) groups is 1. The van der Waals surface area contributed by atoms with Crippen LogP contribution in [0.2, 0.25) is 0 Å². The molecular formula is C15H24N2O. The normalized spacial score (nSPS) is 12.3. The van der Waals surface area contributed by atoms with Gasteiger partial charge in [0.25, 0.3) is 0 Å². The number of nitrogens with one attached hydrogen (secondary N) is 1. The molecule has 0 aromatic heterocycles. The zero-order chi connectivity index (χ0) is 14.0. The molecule has 1 unspecified atom stereocenters. The molecule has 0 aliphatic carbocycles. The van der Waals surface area contributed by atoms with Gasteiger partial charge in [0, 0.05) is 0 Å². The Morgan fingerprint density at radius 3 is 2.17 bits per heavy atom. The summed E-state index contributed by atoms with van der Waals surface area (Å²) in [6.45, 7) is 5.99. The van der Waals surface area contributed by atoms with Crippen molar-refractivity contribution >= 4 is 5.91 Å². The van der Waals surface area contributed by atoms with E-state index in [1.165, 1.54) is 0 Å². The van der Waals surface area contributed by atoms with E-state index in [1.807, 2.05) is 20.8 Å². The van der Waals surface area contributed by atoms with Gasteiger partial charge in [-0.1, -0.05) is 46.0 Å². The van der Waals surface area contributed by atoms with Gasteiger partial charge < -0.3 is 5.32 Å². The fourth-order valence-electron chi connectivity index (χ4n) is 2.15. The quantitative estimate of drug-likeness (QED) is 0.671. The molecule has 100 valence electrons. The van der Waals surface area contributed by atoms with Crippen molar-refractivity contribution in [2.24, 2.45) is 5.41 Å². The van der Waals surface area contributed by atoms with E-state index in [0.29, 0.717) is 12.8 Å². The smallest absolute Gasteiger partial charge is 0.241 e. The average Bonchev–Trinajstić information content (AvgIpc) is 2.37. The summed E-state index contributed by atoms with van der Waals surface area (Å²) in [5, 5.41) is 12.2. The summed E-state index contributed by atoms with van der Waals surface area (Å²) in [7, 11) is 0. The van der Waals surface area contributed by atoms with E-state index >= 15 is 0 Å². The molecule has 0 rings (SSSR count). The summed E-state index contributed by atoms with van der Waals surface area (Å²) in [6.07, 6.45) is 9.87. The lowest BCUT2D eigenvalue weighted by atomic mass is 9.79. The fraction of sp³-hybridized carbons (Fsp3) is 0.733. The van der Waals surface area contributed by atoms with Crippen molar-refractivity contribution in [2.45, 2.75) is 65.3 Å². The third-order valence-corrected chi connectivity index (χ3v) is 3.09. The first kappa shape index (κ1) is 16.5. The largest absolute Gasteiger partial charge is 0.341 e. The van der Waals surface area contributed by atoms with Gasteiger partial charge in [-0.05, 0) is 19.3 Å². The Morgan fingerprint density at radius 2 is 1.83 bits per heavy atom. The van der Waals surface area contributed by atoms with Crippen molar-refractivity contribution in [3.63, 3.8) is 0 Å². The van der Waals surface area contributed by atoms with Crippen molar-refractivity contribution < 1.29 is 4.79 Å². The first-order chi connectivity index (χ1) is 8.60. The molecule has 3 nitrogen and oxygen atoms in total. The Balaban J connectivity index is 4.86. The molecule has 3 heteroatoms. The Hall–Kier alpha value is -1.48. The second-order valence-electron chi connectivity index (χ2n) is 4.68. The molecule has 0 saturated carbocycles. The molecule has 18 heavy (non-hydrogen) atoms. The highest BCUT2D eigenvalue weighted by Crippen LogP contribution is 2.29. The molecule has 0 heterocycles. The zero-order valence-electron chi connectivity index (χ0n) is 11.8. The van der Waals surface area contributed by atoms with Crippen LogP contribution >= 0.6 is 0 Å². The summed E-state index contributed by atoms with van der Waals surface area (Å²) < 4.78 is 0. The van der Waals surface area contributed by atoms with Crippen LogP contribution in [0.3, 0.4) is 0 Å². The minimum absolute atomic E-state index is 0.204. The van der Waals surface area contributed by atoms with Crippen LogP contribution in [0.15, 0.2) is 0 Å². The zero-order valence-corrected chi connectivity index (χ0v) is 11.8. The maximum absolute atomic E-state index is 12.3. The minimum Gasteiger partial charge on any atom is -0.341 e. The van der Waals surface area contributed by atoms with Gasteiger partial charge in [0.2, 0.25) is 5.91 Å². The summed E-state index contributed by atoms with van der Waals surface area (Å²) in [4.78, 5) is 12.3. The van der Waals surface area contributed by atoms with Crippen LogP contribution in [-0.2, 0) is 4.79 Å². The Labute approximate surface area is 111 Å². The summed E-state index contributed by atoms with van der Waals surface area (Å²) in [6, 6.07) is 1.95. The van der Waals surface area contributed by atoms with Crippen molar-refractivity contribution in [3.8, 4) is 18.4 Å². The molecule has 0 aromatic carbocycles. The number of terminal acetylenes is 1. The summed E-state index contributed by atoms with van der Waals surface area (Å²) in [5.41, 5.74) is -0.910. The highest BCUT2D eigenvalue weighted by molar-refractivity contribution is 5.85. The highest BCUT2D eigenvalue weighted by atomic mass is 16.2. The van der Waals surface area contributed by atoms with Crippen LogP contribution in [0.1, 0.15) is 59.3 Å². The number of nitrogens with zero attached hydrogens (tertiary/aromatic N) is 1. The van der Waals surface area contributed by atoms with Gasteiger partial charge in [0.05, 0.1) is 12.1 Å². The van der Waals surface area contributed by atoms with Gasteiger partial charge >= 0.3 is 0 Å². The molecule has 0 aromatic rings. The monoisotopic (exact) mass is 248 g/mol. The van der Waals surface area contributed by atoms with E-state index in [-0.39, 0.29) is 11.9 Å². The van der Waals surface area contributed by atoms with Crippen molar-refractivity contribution in [1.82, 2.24) is 5.32 Å². The van der Waals surface area contributed by atoms with Crippen molar-refractivity contribution in [2.75, 3.05) is 0 Å². The number of rotatable bonds is 8. The molecule has 0 fully saturated rings. The molecule has 1 atom stereocenters. The molecule has 0 radical (unpaired) electrons. The molecule has 0 aliphatic heterocycles. The van der Waals surface area contributed by atoms with Crippen LogP contribution < -0.4 is 5.32 Å². The van der Waals surface area contributed by atoms with Crippen LogP contribution in [0.4, 0.5) is 0 Å². The number of amides is 1. The predicted molar refractivity (Wildman–Crippen MR) is 73.5 cm³/mol. The van der Waals surface area contributed by atoms with Gasteiger partial charge in [-0.3, -0.25) is 4.79 Å². The molecule has 1 N–H and O–H groups in total. The Bertz CT molecular complexity index is 329. The third kappa shape index (κ3) is 4.41. The molecular weight excluding hydrogens is 224 g/mol. The number of carbonyl (C=O) groups excluding carboxylic acids is 1. The summed E-state index contributed by atoms with van der Waals surface area (Å²) >= 11 is 0. The van der Waals surface area contributed by atoms with E-state index in [2.05, 4.69) is 17.3 Å².